The SMILES string of the molecule is CCOP(=O)(OCC)C(C(=O)OC(C)(C)C)C(C)C. The molecule has 0 saturated carbocycles. The molecule has 0 bridgehead atoms. The molecule has 0 aliphatic heterocycles. The van der Waals surface area contributed by atoms with Crippen molar-refractivity contribution >= 4 is 13.6 Å². The fourth-order valence-electron chi connectivity index (χ4n) is 1.69. The van der Waals surface area contributed by atoms with E-state index in [2.05, 4.69) is 0 Å². The number of hydrogen-bond donors (Lipinski definition) is 0. The van der Waals surface area contributed by atoms with Gasteiger partial charge in [-0.15, -0.1) is 0 Å². The molecule has 1 unspecified atom stereocenters. The molecule has 0 N–H and O–H groups in total. The second kappa shape index (κ2) is 7.41. The van der Waals surface area contributed by atoms with Gasteiger partial charge in [-0.05, 0) is 40.5 Å². The first-order valence-corrected chi connectivity index (χ1v) is 8.30. The van der Waals surface area contributed by atoms with Crippen LogP contribution < -0.4 is 0 Å². The molecule has 114 valence electrons. The standard InChI is InChI=1S/C13H27O5P/c1-8-16-19(15,17-9-2)11(10(3)4)12(14)18-13(5,6)7/h10-11H,8-9H2,1-7H3. The van der Waals surface area contributed by atoms with Crippen molar-refractivity contribution in [3.8, 4) is 0 Å². The van der Waals surface area contributed by atoms with Crippen molar-refractivity contribution in [1.29, 1.82) is 0 Å². The van der Waals surface area contributed by atoms with Crippen molar-refractivity contribution in [3.05, 3.63) is 0 Å². The lowest BCUT2D eigenvalue weighted by molar-refractivity contribution is -0.155. The Hall–Kier alpha value is -0.380. The minimum absolute atomic E-state index is 0.196. The molecule has 0 aromatic rings. The van der Waals surface area contributed by atoms with Crippen molar-refractivity contribution in [3.63, 3.8) is 0 Å². The van der Waals surface area contributed by atoms with Gasteiger partial charge in [0.15, 0.2) is 5.66 Å². The highest BCUT2D eigenvalue weighted by Crippen LogP contribution is 2.56. The van der Waals surface area contributed by atoms with E-state index in [1.165, 1.54) is 0 Å². The van der Waals surface area contributed by atoms with E-state index in [-0.39, 0.29) is 19.1 Å². The summed E-state index contributed by atoms with van der Waals surface area (Å²) in [5, 5.41) is 0. The predicted molar refractivity (Wildman–Crippen MR) is 75.3 cm³/mol. The second-order valence-corrected chi connectivity index (χ2v) is 7.75. The number of hydrogen-bond acceptors (Lipinski definition) is 5. The lowest BCUT2D eigenvalue weighted by Gasteiger charge is -2.30. The fraction of sp³-hybridized carbons (Fsp3) is 0.923. The summed E-state index contributed by atoms with van der Waals surface area (Å²) in [6.07, 6.45) is 0. The average molecular weight is 294 g/mol. The first kappa shape index (κ1) is 18.6. The van der Waals surface area contributed by atoms with Gasteiger partial charge in [0.05, 0.1) is 13.2 Å². The number of rotatable bonds is 7. The Labute approximate surface area is 116 Å². The van der Waals surface area contributed by atoms with Gasteiger partial charge in [0.1, 0.15) is 5.60 Å². The number of esters is 1. The third-order valence-electron chi connectivity index (χ3n) is 2.24. The first-order valence-electron chi connectivity index (χ1n) is 6.69. The van der Waals surface area contributed by atoms with E-state index in [0.717, 1.165) is 0 Å². The molecule has 0 radical (unpaired) electrons. The highest BCUT2D eigenvalue weighted by molar-refractivity contribution is 7.55. The van der Waals surface area contributed by atoms with Crippen LogP contribution >= 0.6 is 7.60 Å². The summed E-state index contributed by atoms with van der Waals surface area (Å²) in [4.78, 5) is 12.2. The monoisotopic (exact) mass is 294 g/mol. The highest BCUT2D eigenvalue weighted by atomic mass is 31.2. The van der Waals surface area contributed by atoms with Crippen LogP contribution in [0.4, 0.5) is 0 Å². The molecule has 0 aromatic carbocycles. The fourth-order valence-corrected chi connectivity index (χ4v) is 3.84. The second-order valence-electron chi connectivity index (χ2n) is 5.60. The summed E-state index contributed by atoms with van der Waals surface area (Å²) >= 11 is 0. The number of carbonyl (C=O) groups is 1. The summed E-state index contributed by atoms with van der Waals surface area (Å²) in [5.74, 6) is -0.730. The quantitative estimate of drug-likeness (QED) is 0.530. The Bertz CT molecular complexity index is 322. The van der Waals surface area contributed by atoms with E-state index in [4.69, 9.17) is 13.8 Å². The molecule has 0 heterocycles. The van der Waals surface area contributed by atoms with Crippen molar-refractivity contribution < 1.29 is 23.1 Å². The van der Waals surface area contributed by atoms with Gasteiger partial charge < -0.3 is 13.8 Å². The Morgan fingerprint density at radius 1 is 1.11 bits per heavy atom. The van der Waals surface area contributed by atoms with Crippen LogP contribution in [0.25, 0.3) is 0 Å². The third kappa shape index (κ3) is 6.07. The highest BCUT2D eigenvalue weighted by Gasteiger charge is 2.45. The Morgan fingerprint density at radius 2 is 1.53 bits per heavy atom. The largest absolute Gasteiger partial charge is 0.459 e. The normalized spacial score (nSPS) is 14.5. The maximum absolute atomic E-state index is 12.7. The van der Waals surface area contributed by atoms with Gasteiger partial charge in [-0.2, -0.15) is 0 Å². The van der Waals surface area contributed by atoms with Crippen LogP contribution in [-0.2, 0) is 23.1 Å². The van der Waals surface area contributed by atoms with E-state index in [1.54, 1.807) is 48.5 Å². The topological polar surface area (TPSA) is 61.8 Å². The van der Waals surface area contributed by atoms with E-state index < -0.39 is 24.8 Å². The smallest absolute Gasteiger partial charge is 0.345 e. The van der Waals surface area contributed by atoms with Gasteiger partial charge in [-0.3, -0.25) is 9.36 Å². The van der Waals surface area contributed by atoms with Gasteiger partial charge in [-0.1, -0.05) is 13.8 Å². The van der Waals surface area contributed by atoms with Crippen LogP contribution in [0.2, 0.25) is 0 Å². The van der Waals surface area contributed by atoms with E-state index >= 15 is 0 Å². The lowest BCUT2D eigenvalue weighted by atomic mass is 10.1. The molecule has 0 spiro atoms. The molecule has 19 heavy (non-hydrogen) atoms. The summed E-state index contributed by atoms with van der Waals surface area (Å²) in [6, 6.07) is 0. The van der Waals surface area contributed by atoms with Gasteiger partial charge in [0.25, 0.3) is 0 Å². The molecule has 0 aromatic heterocycles. The molecule has 0 saturated heterocycles. The van der Waals surface area contributed by atoms with Crippen LogP contribution in [0, 0.1) is 5.92 Å². The molecule has 5 nitrogen and oxygen atoms in total. The summed E-state index contributed by atoms with van der Waals surface area (Å²) in [6.45, 7) is 12.8. The maximum Gasteiger partial charge on any atom is 0.345 e. The van der Waals surface area contributed by atoms with Gasteiger partial charge in [0.2, 0.25) is 0 Å². The van der Waals surface area contributed by atoms with Gasteiger partial charge >= 0.3 is 13.6 Å². The van der Waals surface area contributed by atoms with E-state index in [1.807, 2.05) is 0 Å². The Kier molecular flexibility index (Phi) is 7.27. The molecule has 0 fully saturated rings. The summed E-state index contributed by atoms with van der Waals surface area (Å²) in [7, 11) is -3.50. The molecule has 6 heteroatoms. The molecule has 1 atom stereocenters. The molecule has 0 aliphatic carbocycles. The Balaban J connectivity index is 5.27. The number of carbonyl (C=O) groups excluding carboxylic acids is 1. The zero-order valence-corrected chi connectivity index (χ0v) is 14.0. The molecule has 0 rings (SSSR count). The van der Waals surface area contributed by atoms with Crippen LogP contribution in [-0.4, -0.2) is 30.4 Å². The minimum Gasteiger partial charge on any atom is -0.459 e. The Morgan fingerprint density at radius 3 is 1.79 bits per heavy atom. The third-order valence-corrected chi connectivity index (χ3v) is 4.96. The van der Waals surface area contributed by atoms with Crippen molar-refractivity contribution in [2.45, 2.75) is 59.7 Å². The molecular formula is C13H27O5P. The van der Waals surface area contributed by atoms with Crippen LogP contribution in [0.1, 0.15) is 48.5 Å². The molecular weight excluding hydrogens is 267 g/mol. The zero-order chi connectivity index (χ0) is 15.3. The van der Waals surface area contributed by atoms with Gasteiger partial charge in [0, 0.05) is 0 Å². The lowest BCUT2D eigenvalue weighted by Crippen LogP contribution is -2.35. The van der Waals surface area contributed by atoms with Crippen LogP contribution in [0.15, 0.2) is 0 Å². The summed E-state index contributed by atoms with van der Waals surface area (Å²) in [5.41, 5.74) is -1.53. The van der Waals surface area contributed by atoms with Crippen LogP contribution in [0.3, 0.4) is 0 Å². The van der Waals surface area contributed by atoms with Crippen molar-refractivity contribution in [2.75, 3.05) is 13.2 Å². The minimum atomic E-state index is -3.50. The van der Waals surface area contributed by atoms with Crippen molar-refractivity contribution in [1.82, 2.24) is 0 Å². The van der Waals surface area contributed by atoms with E-state index in [9.17, 15) is 9.36 Å². The summed E-state index contributed by atoms with van der Waals surface area (Å²) < 4.78 is 28.6. The molecule has 0 amide bonds. The van der Waals surface area contributed by atoms with Crippen LogP contribution in [0.5, 0.6) is 0 Å². The molecule has 0 aliphatic rings. The van der Waals surface area contributed by atoms with Crippen molar-refractivity contribution in [2.24, 2.45) is 5.92 Å². The predicted octanol–water partition coefficient (Wildman–Crippen LogP) is 3.62. The average Bonchev–Trinajstić information content (AvgIpc) is 2.13. The first-order chi connectivity index (χ1) is 8.57. The number of ether oxygens (including phenoxy) is 1. The zero-order valence-electron chi connectivity index (χ0n) is 13.1. The maximum atomic E-state index is 12.7. The van der Waals surface area contributed by atoms with E-state index in [0.29, 0.717) is 0 Å². The van der Waals surface area contributed by atoms with Gasteiger partial charge in [-0.25, -0.2) is 0 Å².